The zero-order valence-corrected chi connectivity index (χ0v) is 12.2. The van der Waals surface area contributed by atoms with Gasteiger partial charge in [-0.05, 0) is 45.0 Å². The van der Waals surface area contributed by atoms with Crippen molar-refractivity contribution < 1.29 is 19.0 Å². The quantitative estimate of drug-likeness (QED) is 0.571. The van der Waals surface area contributed by atoms with Crippen LogP contribution in [0.15, 0.2) is 24.3 Å². The Morgan fingerprint density at radius 3 is 2.32 bits per heavy atom. The summed E-state index contributed by atoms with van der Waals surface area (Å²) in [6, 6.07) is 7.02. The van der Waals surface area contributed by atoms with Gasteiger partial charge in [-0.2, -0.15) is 0 Å². The molecule has 0 fully saturated rings. The van der Waals surface area contributed by atoms with Gasteiger partial charge in [0.1, 0.15) is 18.1 Å². The Labute approximate surface area is 118 Å². The molecule has 0 N–H and O–H groups in total. The fraction of sp³-hybridized carbons (Fsp3) is 0.500. The first-order valence-electron chi connectivity index (χ1n) is 6.14. The Bertz CT molecular complexity index is 400. The smallest absolute Gasteiger partial charge is 0.349 e. The predicted octanol–water partition coefficient (Wildman–Crippen LogP) is 3.02. The third-order valence-electron chi connectivity index (χ3n) is 2.31. The van der Waals surface area contributed by atoms with E-state index in [1.54, 1.807) is 45.0 Å². The summed E-state index contributed by atoms with van der Waals surface area (Å²) in [7, 11) is 0. The van der Waals surface area contributed by atoms with E-state index in [2.05, 4.69) is 0 Å². The molecule has 4 nitrogen and oxygen atoms in total. The molecule has 1 aromatic rings. The van der Waals surface area contributed by atoms with Gasteiger partial charge in [-0.25, -0.2) is 4.79 Å². The lowest BCUT2D eigenvalue weighted by Crippen LogP contribution is -2.39. The average Bonchev–Trinajstić information content (AvgIpc) is 2.38. The molecule has 0 bridgehead atoms. The van der Waals surface area contributed by atoms with Crippen LogP contribution in [-0.2, 0) is 9.53 Å². The molecule has 19 heavy (non-hydrogen) atoms. The third kappa shape index (κ3) is 4.99. The first-order chi connectivity index (χ1) is 8.99. The molecule has 0 saturated heterocycles. The summed E-state index contributed by atoms with van der Waals surface area (Å²) in [5.74, 6) is 1.34. The van der Waals surface area contributed by atoms with Crippen molar-refractivity contribution >= 4 is 17.6 Å². The van der Waals surface area contributed by atoms with Gasteiger partial charge in [0.25, 0.3) is 0 Å². The lowest BCUT2D eigenvalue weighted by atomic mass is 10.1. The minimum atomic E-state index is -1.02. The SMILES string of the molecule is CCOC(=O)C(C)(C)Oc1ccc(OCCCl)cc1. The van der Waals surface area contributed by atoms with Gasteiger partial charge >= 0.3 is 5.97 Å². The Hall–Kier alpha value is -1.42. The second-order valence-corrected chi connectivity index (χ2v) is 4.72. The lowest BCUT2D eigenvalue weighted by Gasteiger charge is -2.24. The van der Waals surface area contributed by atoms with Crippen molar-refractivity contribution in [1.29, 1.82) is 0 Å². The van der Waals surface area contributed by atoms with E-state index < -0.39 is 11.6 Å². The molecule has 0 aliphatic heterocycles. The summed E-state index contributed by atoms with van der Waals surface area (Å²) in [5.41, 5.74) is -1.02. The highest BCUT2D eigenvalue weighted by Gasteiger charge is 2.31. The summed E-state index contributed by atoms with van der Waals surface area (Å²) in [4.78, 5) is 11.7. The van der Waals surface area contributed by atoms with E-state index in [-0.39, 0.29) is 0 Å². The molecular weight excluding hydrogens is 268 g/mol. The van der Waals surface area contributed by atoms with Gasteiger partial charge in [0.2, 0.25) is 0 Å². The van der Waals surface area contributed by atoms with E-state index in [9.17, 15) is 4.79 Å². The molecule has 0 radical (unpaired) electrons. The Morgan fingerprint density at radius 2 is 1.79 bits per heavy atom. The van der Waals surface area contributed by atoms with Crippen LogP contribution in [0.4, 0.5) is 0 Å². The minimum Gasteiger partial charge on any atom is -0.492 e. The average molecular weight is 287 g/mol. The topological polar surface area (TPSA) is 44.8 Å². The summed E-state index contributed by atoms with van der Waals surface area (Å²) >= 11 is 5.53. The molecule has 0 atom stereocenters. The molecule has 0 saturated carbocycles. The molecule has 0 heterocycles. The zero-order chi connectivity index (χ0) is 14.3. The molecule has 1 aromatic carbocycles. The second-order valence-electron chi connectivity index (χ2n) is 4.34. The van der Waals surface area contributed by atoms with E-state index in [4.69, 9.17) is 25.8 Å². The van der Waals surface area contributed by atoms with Crippen molar-refractivity contribution in [2.75, 3.05) is 19.1 Å². The van der Waals surface area contributed by atoms with Gasteiger partial charge in [-0.1, -0.05) is 0 Å². The number of ether oxygens (including phenoxy) is 3. The number of benzene rings is 1. The number of esters is 1. The van der Waals surface area contributed by atoms with Gasteiger partial charge in [-0.15, -0.1) is 11.6 Å². The summed E-state index contributed by atoms with van der Waals surface area (Å²) in [6.45, 7) is 5.88. The maximum absolute atomic E-state index is 11.7. The number of halogens is 1. The number of alkyl halides is 1. The van der Waals surface area contributed by atoms with Gasteiger partial charge in [0.05, 0.1) is 12.5 Å². The Kier molecular flexibility index (Phi) is 5.96. The van der Waals surface area contributed by atoms with Crippen molar-refractivity contribution in [3.05, 3.63) is 24.3 Å². The number of rotatable bonds is 7. The van der Waals surface area contributed by atoms with Crippen LogP contribution < -0.4 is 9.47 Å². The van der Waals surface area contributed by atoms with Crippen LogP contribution >= 0.6 is 11.6 Å². The number of carbonyl (C=O) groups is 1. The fourth-order valence-electron chi connectivity index (χ4n) is 1.40. The van der Waals surface area contributed by atoms with E-state index in [0.717, 1.165) is 0 Å². The van der Waals surface area contributed by atoms with E-state index in [0.29, 0.717) is 30.6 Å². The number of carbonyl (C=O) groups excluding carboxylic acids is 1. The molecule has 0 aromatic heterocycles. The largest absolute Gasteiger partial charge is 0.492 e. The minimum absolute atomic E-state index is 0.330. The zero-order valence-electron chi connectivity index (χ0n) is 11.4. The van der Waals surface area contributed by atoms with Gasteiger partial charge in [-0.3, -0.25) is 0 Å². The first-order valence-corrected chi connectivity index (χ1v) is 6.68. The van der Waals surface area contributed by atoms with Crippen LogP contribution in [0.3, 0.4) is 0 Å². The molecule has 1 rings (SSSR count). The van der Waals surface area contributed by atoms with Crippen LogP contribution in [0.1, 0.15) is 20.8 Å². The maximum Gasteiger partial charge on any atom is 0.349 e. The molecule has 0 unspecified atom stereocenters. The van der Waals surface area contributed by atoms with E-state index >= 15 is 0 Å². The molecule has 0 aliphatic carbocycles. The normalized spacial score (nSPS) is 10.9. The Balaban J connectivity index is 2.64. The first kappa shape index (κ1) is 15.6. The van der Waals surface area contributed by atoms with E-state index in [1.807, 2.05) is 0 Å². The summed E-state index contributed by atoms with van der Waals surface area (Å²) in [6.07, 6.45) is 0. The van der Waals surface area contributed by atoms with E-state index in [1.165, 1.54) is 0 Å². The summed E-state index contributed by atoms with van der Waals surface area (Å²) in [5, 5.41) is 0. The predicted molar refractivity (Wildman–Crippen MR) is 74.0 cm³/mol. The summed E-state index contributed by atoms with van der Waals surface area (Å²) < 4.78 is 15.9. The molecule has 0 spiro atoms. The third-order valence-corrected chi connectivity index (χ3v) is 2.46. The molecule has 5 heteroatoms. The van der Waals surface area contributed by atoms with Crippen LogP contribution in [0.2, 0.25) is 0 Å². The van der Waals surface area contributed by atoms with Crippen molar-refractivity contribution in [2.45, 2.75) is 26.4 Å². The number of hydrogen-bond donors (Lipinski definition) is 0. The highest BCUT2D eigenvalue weighted by atomic mass is 35.5. The van der Waals surface area contributed by atoms with Crippen LogP contribution in [0.25, 0.3) is 0 Å². The van der Waals surface area contributed by atoms with Gasteiger partial charge < -0.3 is 14.2 Å². The van der Waals surface area contributed by atoms with Gasteiger partial charge in [0, 0.05) is 0 Å². The van der Waals surface area contributed by atoms with Crippen molar-refractivity contribution in [2.24, 2.45) is 0 Å². The molecular formula is C14H19ClO4. The lowest BCUT2D eigenvalue weighted by molar-refractivity contribution is -0.158. The standard InChI is InChI=1S/C14H19ClO4/c1-4-17-13(16)14(2,3)19-12-7-5-11(6-8-12)18-10-9-15/h5-8H,4,9-10H2,1-3H3. The highest BCUT2D eigenvalue weighted by Crippen LogP contribution is 2.22. The maximum atomic E-state index is 11.7. The van der Waals surface area contributed by atoms with Gasteiger partial charge in [0.15, 0.2) is 5.60 Å². The van der Waals surface area contributed by atoms with Crippen molar-refractivity contribution in [1.82, 2.24) is 0 Å². The number of hydrogen-bond acceptors (Lipinski definition) is 4. The second kappa shape index (κ2) is 7.24. The molecule has 106 valence electrons. The van der Waals surface area contributed by atoms with Crippen molar-refractivity contribution in [3.63, 3.8) is 0 Å². The fourth-order valence-corrected chi connectivity index (χ4v) is 1.48. The van der Waals surface area contributed by atoms with Crippen molar-refractivity contribution in [3.8, 4) is 11.5 Å². The van der Waals surface area contributed by atoms with Crippen LogP contribution in [-0.4, -0.2) is 30.7 Å². The molecule has 0 amide bonds. The highest BCUT2D eigenvalue weighted by molar-refractivity contribution is 6.18. The van der Waals surface area contributed by atoms with Crippen LogP contribution in [0, 0.1) is 0 Å². The monoisotopic (exact) mass is 286 g/mol. The molecule has 0 aliphatic rings. The Morgan fingerprint density at radius 1 is 1.21 bits per heavy atom. The van der Waals surface area contributed by atoms with Crippen LogP contribution in [0.5, 0.6) is 11.5 Å².